The molecule has 0 saturated heterocycles. The molecule has 0 saturated carbocycles. The first kappa shape index (κ1) is 15.7. The average molecular weight is 293 g/mol. The summed E-state index contributed by atoms with van der Waals surface area (Å²) in [6.45, 7) is 8.38. The zero-order valence-electron chi connectivity index (χ0n) is 13.2. The Morgan fingerprint density at radius 2 is 2.10 bits per heavy atom. The third-order valence-corrected chi connectivity index (χ3v) is 3.48. The van der Waals surface area contributed by atoms with Gasteiger partial charge in [-0.2, -0.15) is 14.6 Å². The summed E-state index contributed by atoms with van der Waals surface area (Å²) < 4.78 is 14.3. The van der Waals surface area contributed by atoms with Gasteiger partial charge in [-0.3, -0.25) is 0 Å². The lowest BCUT2D eigenvalue weighted by atomic mass is 9.83. The Labute approximate surface area is 125 Å². The van der Waals surface area contributed by atoms with Gasteiger partial charge in [0.1, 0.15) is 12.1 Å². The predicted molar refractivity (Wildman–Crippen MR) is 81.9 cm³/mol. The van der Waals surface area contributed by atoms with Gasteiger partial charge >= 0.3 is 0 Å². The number of rotatable bonds is 6. The van der Waals surface area contributed by atoms with Crippen LogP contribution < -0.4 is 5.32 Å². The van der Waals surface area contributed by atoms with E-state index in [0.29, 0.717) is 22.9 Å². The summed E-state index contributed by atoms with van der Waals surface area (Å²) in [4.78, 5) is 8.29. The summed E-state index contributed by atoms with van der Waals surface area (Å²) in [7, 11) is 0. The summed E-state index contributed by atoms with van der Waals surface area (Å²) in [5.74, 6) is 1.75. The van der Waals surface area contributed by atoms with Crippen LogP contribution in [0.15, 0.2) is 12.5 Å². The summed E-state index contributed by atoms with van der Waals surface area (Å²) in [6.07, 6.45) is 6.25. The number of aromatic nitrogens is 4. The molecule has 21 heavy (non-hydrogen) atoms. The Hall–Kier alpha value is -1.72. The van der Waals surface area contributed by atoms with Crippen molar-refractivity contribution in [3.63, 3.8) is 0 Å². The number of aryl methyl sites for hydroxylation is 1. The zero-order valence-corrected chi connectivity index (χ0v) is 13.2. The fraction of sp³-hybridized carbons (Fsp3) is 0.667. The van der Waals surface area contributed by atoms with Crippen LogP contribution in [0.25, 0.3) is 5.78 Å². The van der Waals surface area contributed by atoms with Crippen LogP contribution in [0.2, 0.25) is 0 Å². The summed E-state index contributed by atoms with van der Waals surface area (Å²) in [5, 5.41) is 6.83. The highest BCUT2D eigenvalue weighted by molar-refractivity contribution is 5.49. The Morgan fingerprint density at radius 1 is 1.33 bits per heavy atom. The normalized spacial score (nSPS) is 13.6. The number of fused-ring (bicyclic) bond motifs is 1. The van der Waals surface area contributed by atoms with Gasteiger partial charge in [-0.05, 0) is 30.6 Å². The van der Waals surface area contributed by atoms with Crippen LogP contribution in [-0.4, -0.2) is 26.4 Å². The lowest BCUT2D eigenvalue weighted by molar-refractivity contribution is 0.297. The Balaban J connectivity index is 2.12. The monoisotopic (exact) mass is 293 g/mol. The van der Waals surface area contributed by atoms with E-state index in [1.165, 1.54) is 6.33 Å². The van der Waals surface area contributed by atoms with Gasteiger partial charge in [0.05, 0.1) is 0 Å². The minimum atomic E-state index is -0.635. The molecule has 0 aliphatic heterocycles. The van der Waals surface area contributed by atoms with E-state index in [-0.39, 0.29) is 0 Å². The van der Waals surface area contributed by atoms with Gasteiger partial charge in [-0.15, -0.1) is 0 Å². The van der Waals surface area contributed by atoms with Crippen LogP contribution >= 0.6 is 0 Å². The van der Waals surface area contributed by atoms with Crippen LogP contribution in [0, 0.1) is 11.3 Å². The number of anilines is 1. The van der Waals surface area contributed by atoms with Gasteiger partial charge in [-0.25, -0.2) is 9.37 Å². The summed E-state index contributed by atoms with van der Waals surface area (Å²) in [5.41, 5.74) is 1.31. The molecule has 2 rings (SSSR count). The van der Waals surface area contributed by atoms with Crippen LogP contribution in [0.5, 0.6) is 0 Å². The van der Waals surface area contributed by atoms with Crippen LogP contribution in [0.4, 0.5) is 10.2 Å². The molecule has 0 bridgehead atoms. The molecule has 1 atom stereocenters. The minimum Gasteiger partial charge on any atom is -0.343 e. The third kappa shape index (κ3) is 4.12. The highest BCUT2D eigenvalue weighted by Crippen LogP contribution is 2.27. The lowest BCUT2D eigenvalue weighted by Crippen LogP contribution is -2.13. The summed E-state index contributed by atoms with van der Waals surface area (Å²) >= 11 is 0. The third-order valence-electron chi connectivity index (χ3n) is 3.48. The van der Waals surface area contributed by atoms with E-state index in [4.69, 9.17) is 0 Å². The molecule has 0 aliphatic rings. The van der Waals surface area contributed by atoms with Crippen molar-refractivity contribution in [1.82, 2.24) is 19.6 Å². The Bertz CT molecular complexity index is 587. The van der Waals surface area contributed by atoms with Crippen molar-refractivity contribution < 1.29 is 4.39 Å². The molecule has 0 fully saturated rings. The first-order valence-corrected chi connectivity index (χ1v) is 7.38. The molecular weight excluding hydrogens is 269 g/mol. The van der Waals surface area contributed by atoms with Crippen molar-refractivity contribution in [3.05, 3.63) is 18.1 Å². The van der Waals surface area contributed by atoms with Crippen molar-refractivity contribution in [2.45, 2.75) is 47.0 Å². The second-order valence-corrected chi connectivity index (χ2v) is 6.82. The molecule has 2 aromatic rings. The van der Waals surface area contributed by atoms with E-state index in [1.54, 1.807) is 10.7 Å². The molecule has 0 aliphatic carbocycles. The molecule has 0 radical (unpaired) electrons. The number of halogens is 1. The molecule has 1 N–H and O–H groups in total. The van der Waals surface area contributed by atoms with Crippen molar-refractivity contribution in [2.75, 3.05) is 12.1 Å². The Morgan fingerprint density at radius 3 is 2.76 bits per heavy atom. The van der Waals surface area contributed by atoms with E-state index in [9.17, 15) is 4.39 Å². The molecule has 1 unspecified atom stereocenters. The largest absolute Gasteiger partial charge is 0.343 e. The fourth-order valence-corrected chi connectivity index (χ4v) is 2.80. The first-order valence-electron chi connectivity index (χ1n) is 7.38. The van der Waals surface area contributed by atoms with Crippen LogP contribution in [-0.2, 0) is 6.42 Å². The maximum atomic E-state index is 12.7. The number of hydrogen-bond acceptors (Lipinski definition) is 4. The Kier molecular flexibility index (Phi) is 4.75. The highest BCUT2D eigenvalue weighted by Gasteiger charge is 2.16. The predicted octanol–water partition coefficient (Wildman–Crippen LogP) is 3.47. The van der Waals surface area contributed by atoms with E-state index >= 15 is 0 Å². The van der Waals surface area contributed by atoms with Gasteiger partial charge in [0.15, 0.2) is 6.80 Å². The second-order valence-electron chi connectivity index (χ2n) is 6.82. The SMILES string of the molecule is CC(CCc1cnc2ncnn2c1NCF)CC(C)(C)C. The van der Waals surface area contributed by atoms with Crippen LogP contribution in [0.3, 0.4) is 0 Å². The van der Waals surface area contributed by atoms with Crippen LogP contribution in [0.1, 0.15) is 46.1 Å². The van der Waals surface area contributed by atoms with Crippen molar-refractivity contribution in [2.24, 2.45) is 11.3 Å². The van der Waals surface area contributed by atoms with Crippen molar-refractivity contribution in [3.8, 4) is 0 Å². The number of nitrogens with one attached hydrogen (secondary N) is 1. The molecule has 5 nitrogen and oxygen atoms in total. The molecule has 116 valence electrons. The van der Waals surface area contributed by atoms with E-state index in [1.807, 2.05) is 0 Å². The molecule has 0 amide bonds. The van der Waals surface area contributed by atoms with E-state index < -0.39 is 6.80 Å². The molecule has 0 spiro atoms. The lowest BCUT2D eigenvalue weighted by Gasteiger charge is -2.23. The van der Waals surface area contributed by atoms with Crippen molar-refractivity contribution >= 4 is 11.6 Å². The van der Waals surface area contributed by atoms with E-state index in [0.717, 1.165) is 24.8 Å². The topological polar surface area (TPSA) is 55.1 Å². The average Bonchev–Trinajstić information content (AvgIpc) is 2.84. The van der Waals surface area contributed by atoms with Gasteiger partial charge in [0, 0.05) is 11.8 Å². The second kappa shape index (κ2) is 6.37. The van der Waals surface area contributed by atoms with Gasteiger partial charge in [0.25, 0.3) is 5.78 Å². The summed E-state index contributed by atoms with van der Waals surface area (Å²) in [6, 6.07) is 0. The molecule has 6 heteroatoms. The van der Waals surface area contributed by atoms with Gasteiger partial charge in [-0.1, -0.05) is 27.7 Å². The molecule has 2 aromatic heterocycles. The highest BCUT2D eigenvalue weighted by atomic mass is 19.1. The molecule has 0 aromatic carbocycles. The molecule has 2 heterocycles. The number of nitrogens with zero attached hydrogens (tertiary/aromatic N) is 4. The first-order chi connectivity index (χ1) is 9.90. The van der Waals surface area contributed by atoms with Gasteiger partial charge < -0.3 is 5.32 Å². The smallest absolute Gasteiger partial charge is 0.254 e. The maximum absolute atomic E-state index is 12.7. The standard InChI is InChI=1S/C15H24FN5/c1-11(7-15(2,3)4)5-6-12-8-17-14-19-10-20-21(14)13(12)18-9-16/h8,10-11,18H,5-7,9H2,1-4H3. The fourth-order valence-electron chi connectivity index (χ4n) is 2.80. The van der Waals surface area contributed by atoms with Crippen molar-refractivity contribution in [1.29, 1.82) is 0 Å². The molecular formula is C15H24FN5. The van der Waals surface area contributed by atoms with Gasteiger partial charge in [0.2, 0.25) is 0 Å². The number of alkyl halides is 1. The number of hydrogen-bond donors (Lipinski definition) is 1. The quantitative estimate of drug-likeness (QED) is 0.829. The zero-order chi connectivity index (χ0) is 15.5. The maximum Gasteiger partial charge on any atom is 0.254 e. The minimum absolute atomic E-state index is 0.327. The van der Waals surface area contributed by atoms with E-state index in [2.05, 4.69) is 48.1 Å².